The number of carbonyl (C=O) groups is 1. The minimum Gasteiger partial charge on any atom is -0.343 e. The molecule has 0 saturated carbocycles. The van der Waals surface area contributed by atoms with Gasteiger partial charge in [0.25, 0.3) is 0 Å². The minimum absolute atomic E-state index is 0.0468. The number of likely N-dealkylation sites (tertiary alicyclic amines) is 1. The van der Waals surface area contributed by atoms with E-state index in [-0.39, 0.29) is 5.41 Å². The molecule has 2 unspecified atom stereocenters. The smallest absolute Gasteiger partial charge is 0.162 e. The van der Waals surface area contributed by atoms with E-state index in [2.05, 4.69) is 66.8 Å². The maximum atomic E-state index is 11.6. The maximum Gasteiger partial charge on any atom is 0.162 e. The van der Waals surface area contributed by atoms with Gasteiger partial charge in [0.2, 0.25) is 0 Å². The van der Waals surface area contributed by atoms with Gasteiger partial charge in [-0.2, -0.15) is 11.8 Å². The first-order chi connectivity index (χ1) is 12.4. The van der Waals surface area contributed by atoms with Crippen LogP contribution < -0.4 is 4.90 Å². The lowest BCUT2D eigenvalue weighted by Crippen LogP contribution is -2.38. The molecule has 2 fully saturated rings. The Morgan fingerprint density at radius 1 is 1.38 bits per heavy atom. The summed E-state index contributed by atoms with van der Waals surface area (Å²) in [4.78, 5) is 18.2. The van der Waals surface area contributed by atoms with E-state index in [0.29, 0.717) is 6.04 Å². The lowest BCUT2D eigenvalue weighted by atomic mass is 9.98. The van der Waals surface area contributed by atoms with Gasteiger partial charge in [-0.3, -0.25) is 9.69 Å². The summed E-state index contributed by atoms with van der Waals surface area (Å²) in [5.74, 6) is 9.04. The highest BCUT2D eigenvalue weighted by atomic mass is 32.2. The van der Waals surface area contributed by atoms with E-state index in [1.807, 2.05) is 6.20 Å². The van der Waals surface area contributed by atoms with Gasteiger partial charge in [0.05, 0.1) is 15.4 Å². The number of rotatable bonds is 5. The Bertz CT molecular complexity index is 717. The van der Waals surface area contributed by atoms with Gasteiger partial charge in [-0.25, -0.2) is 0 Å². The van der Waals surface area contributed by atoms with Gasteiger partial charge in [-0.05, 0) is 51.6 Å². The molecule has 0 N–H and O–H groups in total. The number of nitrogens with zero attached hydrogens (tertiary/aromatic N) is 2. The monoisotopic (exact) mass is 388 g/mol. The van der Waals surface area contributed by atoms with E-state index in [1.54, 1.807) is 0 Å². The third-order valence-electron chi connectivity index (χ3n) is 4.89. The van der Waals surface area contributed by atoms with Crippen LogP contribution >= 0.6 is 23.1 Å². The van der Waals surface area contributed by atoms with Crippen LogP contribution in [0.1, 0.15) is 48.2 Å². The molecule has 3 heterocycles. The molecule has 1 aromatic heterocycles. The Morgan fingerprint density at radius 2 is 2.19 bits per heavy atom. The predicted molar refractivity (Wildman–Crippen MR) is 114 cm³/mol. The number of carbonyl (C=O) groups excluding carboxylic acids is 1. The second-order valence-electron chi connectivity index (χ2n) is 8.02. The van der Waals surface area contributed by atoms with Crippen LogP contribution in [0.3, 0.4) is 0 Å². The van der Waals surface area contributed by atoms with Gasteiger partial charge in [0, 0.05) is 36.3 Å². The molecule has 0 bridgehead atoms. The van der Waals surface area contributed by atoms with Gasteiger partial charge in [-0.1, -0.05) is 18.4 Å². The molecule has 140 valence electrons. The minimum atomic E-state index is -0.0468. The summed E-state index contributed by atoms with van der Waals surface area (Å²) in [6.45, 7) is 12.5. The molecule has 26 heavy (non-hydrogen) atoms. The maximum absolute atomic E-state index is 11.6. The SMILES string of the molecule is C=CN(c1cc(C#CC(C)(C)C)sc1C=O)C1CCN(C2CCSC2)C1. The second kappa shape index (κ2) is 8.21. The van der Waals surface area contributed by atoms with Crippen molar-refractivity contribution < 1.29 is 4.79 Å². The Morgan fingerprint density at radius 3 is 2.81 bits per heavy atom. The summed E-state index contributed by atoms with van der Waals surface area (Å²) in [7, 11) is 0. The van der Waals surface area contributed by atoms with E-state index in [4.69, 9.17) is 0 Å². The third-order valence-corrected chi connectivity index (χ3v) is 7.00. The van der Waals surface area contributed by atoms with Gasteiger partial charge >= 0.3 is 0 Å². The van der Waals surface area contributed by atoms with Gasteiger partial charge in [0.1, 0.15) is 0 Å². The summed E-state index contributed by atoms with van der Waals surface area (Å²) in [6.07, 6.45) is 5.26. The number of hydrogen-bond acceptors (Lipinski definition) is 5. The van der Waals surface area contributed by atoms with Crippen LogP contribution in [0.2, 0.25) is 0 Å². The second-order valence-corrected chi connectivity index (χ2v) is 10.3. The summed E-state index contributed by atoms with van der Waals surface area (Å²) in [5, 5.41) is 0. The summed E-state index contributed by atoms with van der Waals surface area (Å²) < 4.78 is 0. The number of anilines is 1. The molecule has 2 aliphatic heterocycles. The molecule has 5 heteroatoms. The van der Waals surface area contributed by atoms with E-state index in [1.165, 1.54) is 29.3 Å². The van der Waals surface area contributed by atoms with Crippen molar-refractivity contribution in [2.45, 2.75) is 45.7 Å². The highest BCUT2D eigenvalue weighted by Crippen LogP contribution is 2.34. The number of thiophene rings is 1. The fourth-order valence-corrected chi connectivity index (χ4v) is 5.65. The number of hydrogen-bond donors (Lipinski definition) is 0. The molecule has 0 aliphatic carbocycles. The highest BCUT2D eigenvalue weighted by Gasteiger charge is 2.33. The zero-order valence-corrected chi connectivity index (χ0v) is 17.6. The standard InChI is InChI=1S/C21H28N2OS2/c1-5-23(16-7-10-22(13-16)17-8-11-25-15-17)19-12-18(26-20(19)14-24)6-9-21(2,3)4/h5,12,14,16-17H,1,7-8,10-11,13,15H2,2-4H3. The summed E-state index contributed by atoms with van der Waals surface area (Å²) in [6, 6.07) is 3.16. The van der Waals surface area contributed by atoms with Crippen LogP contribution in [-0.2, 0) is 0 Å². The molecule has 0 aromatic carbocycles. The van der Waals surface area contributed by atoms with Gasteiger partial charge in [-0.15, -0.1) is 11.3 Å². The molecule has 2 atom stereocenters. The highest BCUT2D eigenvalue weighted by molar-refractivity contribution is 7.99. The lowest BCUT2D eigenvalue weighted by Gasteiger charge is -2.28. The molecule has 0 spiro atoms. The normalized spacial score (nSPS) is 23.5. The lowest BCUT2D eigenvalue weighted by molar-refractivity contribution is 0.112. The van der Waals surface area contributed by atoms with Crippen molar-refractivity contribution in [3.63, 3.8) is 0 Å². The first-order valence-electron chi connectivity index (χ1n) is 9.26. The first kappa shape index (κ1) is 19.5. The van der Waals surface area contributed by atoms with E-state index in [9.17, 15) is 4.79 Å². The molecule has 3 nitrogen and oxygen atoms in total. The average molecular weight is 389 g/mol. The van der Waals surface area contributed by atoms with Crippen molar-refractivity contribution in [3.8, 4) is 11.8 Å². The average Bonchev–Trinajstić information content (AvgIpc) is 3.33. The van der Waals surface area contributed by atoms with Crippen LogP contribution in [0.15, 0.2) is 18.8 Å². The van der Waals surface area contributed by atoms with E-state index in [0.717, 1.165) is 47.3 Å². The van der Waals surface area contributed by atoms with Crippen molar-refractivity contribution in [2.24, 2.45) is 5.41 Å². The fourth-order valence-electron chi connectivity index (χ4n) is 3.57. The van der Waals surface area contributed by atoms with Crippen molar-refractivity contribution in [1.29, 1.82) is 0 Å². The zero-order valence-electron chi connectivity index (χ0n) is 16.0. The zero-order chi connectivity index (χ0) is 18.7. The van der Waals surface area contributed by atoms with Crippen molar-refractivity contribution in [2.75, 3.05) is 29.5 Å². The van der Waals surface area contributed by atoms with Gasteiger partial charge < -0.3 is 4.90 Å². The summed E-state index contributed by atoms with van der Waals surface area (Å²) in [5.41, 5.74) is 0.917. The molecule has 0 amide bonds. The Balaban J connectivity index is 1.79. The molecule has 3 rings (SSSR count). The molecule has 1 aromatic rings. The van der Waals surface area contributed by atoms with Crippen LogP contribution in [0.25, 0.3) is 0 Å². The molecular weight excluding hydrogens is 360 g/mol. The molecule has 2 aliphatic rings. The number of aldehydes is 1. The van der Waals surface area contributed by atoms with Gasteiger partial charge in [0.15, 0.2) is 6.29 Å². The van der Waals surface area contributed by atoms with Crippen LogP contribution in [0.4, 0.5) is 5.69 Å². The largest absolute Gasteiger partial charge is 0.343 e. The Kier molecular flexibility index (Phi) is 6.17. The van der Waals surface area contributed by atoms with Crippen molar-refractivity contribution in [3.05, 3.63) is 28.6 Å². The van der Waals surface area contributed by atoms with Crippen molar-refractivity contribution in [1.82, 2.24) is 4.90 Å². The fraction of sp³-hybridized carbons (Fsp3) is 0.571. The molecular formula is C21H28N2OS2. The van der Waals surface area contributed by atoms with Crippen LogP contribution in [0.5, 0.6) is 0 Å². The van der Waals surface area contributed by atoms with Crippen LogP contribution in [0, 0.1) is 17.3 Å². The van der Waals surface area contributed by atoms with E-state index < -0.39 is 0 Å². The first-order valence-corrected chi connectivity index (χ1v) is 11.2. The quantitative estimate of drug-likeness (QED) is 0.548. The Labute approximate surface area is 165 Å². The molecule has 2 saturated heterocycles. The predicted octanol–water partition coefficient (Wildman–Crippen LogP) is 4.49. The number of thioether (sulfide) groups is 1. The van der Waals surface area contributed by atoms with E-state index >= 15 is 0 Å². The topological polar surface area (TPSA) is 23.6 Å². The van der Waals surface area contributed by atoms with Crippen LogP contribution in [-0.4, -0.2) is 47.9 Å². The Hall–Kier alpha value is -1.22. The summed E-state index contributed by atoms with van der Waals surface area (Å²) >= 11 is 3.54. The van der Waals surface area contributed by atoms with Crippen molar-refractivity contribution >= 4 is 35.1 Å². The molecule has 0 radical (unpaired) electrons. The third kappa shape index (κ3) is 4.54.